The van der Waals surface area contributed by atoms with Crippen molar-refractivity contribution in [1.29, 1.82) is 0 Å². The topological polar surface area (TPSA) is 123 Å². The van der Waals surface area contributed by atoms with Gasteiger partial charge in [0.25, 0.3) is 10.2 Å². The minimum atomic E-state index is -0.943. The largest absolute Gasteiger partial charge is 0.371 e. The highest BCUT2D eigenvalue weighted by atomic mass is 17.0. The van der Waals surface area contributed by atoms with Crippen LogP contribution < -0.4 is 0 Å². The second-order valence-corrected chi connectivity index (χ2v) is 3.33. The Hall–Kier alpha value is -1.68. The van der Waals surface area contributed by atoms with Crippen LogP contribution in [0.2, 0.25) is 0 Å². The zero-order valence-electron chi connectivity index (χ0n) is 7.88. The normalized spacial score (nSPS) is 36.8. The van der Waals surface area contributed by atoms with Crippen molar-refractivity contribution >= 4 is 0 Å². The summed E-state index contributed by atoms with van der Waals surface area (Å²) in [6, 6.07) is 0. The third-order valence-electron chi connectivity index (χ3n) is 2.41. The van der Waals surface area contributed by atoms with E-state index in [4.69, 9.17) is 9.47 Å². The maximum absolute atomic E-state index is 10.1. The number of fused-ring (bicyclic) bond motifs is 1. The summed E-state index contributed by atoms with van der Waals surface area (Å²) in [7, 11) is 0. The Morgan fingerprint density at radius 1 is 0.938 bits per heavy atom. The fraction of sp³-hybridized carbons (Fsp3) is 1.00. The summed E-state index contributed by atoms with van der Waals surface area (Å²) in [5, 5.41) is 18.4. The Morgan fingerprint density at radius 2 is 1.31 bits per heavy atom. The fourth-order valence-corrected chi connectivity index (χ4v) is 1.83. The van der Waals surface area contributed by atoms with Crippen molar-refractivity contribution < 1.29 is 29.3 Å². The Bertz CT molecular complexity index is 279. The third kappa shape index (κ3) is 1.97. The molecule has 2 rings (SSSR count). The lowest BCUT2D eigenvalue weighted by Crippen LogP contribution is -2.35. The molecule has 0 aromatic rings. The van der Waals surface area contributed by atoms with E-state index in [1.54, 1.807) is 0 Å². The van der Waals surface area contributed by atoms with Gasteiger partial charge < -0.3 is 19.1 Å². The van der Waals surface area contributed by atoms with Gasteiger partial charge in [0.2, 0.25) is 0 Å². The summed E-state index contributed by atoms with van der Waals surface area (Å²) >= 11 is 0. The van der Waals surface area contributed by atoms with Gasteiger partial charge in [0, 0.05) is 0 Å². The maximum atomic E-state index is 10.1. The van der Waals surface area contributed by atoms with Gasteiger partial charge >= 0.3 is 0 Å². The van der Waals surface area contributed by atoms with Gasteiger partial charge in [0.05, 0.1) is 13.2 Å². The van der Waals surface area contributed by atoms with Gasteiger partial charge in [0.15, 0.2) is 12.2 Å². The molecule has 4 atom stereocenters. The summed E-state index contributed by atoms with van der Waals surface area (Å²) in [6.45, 7) is -0.0955. The molecule has 2 heterocycles. The quantitative estimate of drug-likeness (QED) is 0.446. The standard InChI is InChI=1S/C6H8N2O8/c9-7(10)15-3-1-13-6-4(16-8(11)12)2-14-5(3)6/h3-6H,1-2H2/t3-,4+,5-,6+. The van der Waals surface area contributed by atoms with Crippen molar-refractivity contribution in [1.82, 2.24) is 0 Å². The van der Waals surface area contributed by atoms with Crippen LogP contribution in [0.4, 0.5) is 0 Å². The van der Waals surface area contributed by atoms with Crippen LogP contribution >= 0.6 is 0 Å². The predicted molar refractivity (Wildman–Crippen MR) is 43.2 cm³/mol. The molecule has 0 bridgehead atoms. The van der Waals surface area contributed by atoms with Crippen LogP contribution in [0, 0.1) is 20.2 Å². The molecule has 0 aromatic heterocycles. The van der Waals surface area contributed by atoms with E-state index in [0.717, 1.165) is 0 Å². The van der Waals surface area contributed by atoms with Gasteiger partial charge in [-0.1, -0.05) is 0 Å². The Balaban J connectivity index is 1.95. The molecular formula is C6H8N2O8. The first kappa shape index (κ1) is 10.8. The van der Waals surface area contributed by atoms with Crippen molar-refractivity contribution in [3.05, 3.63) is 20.2 Å². The zero-order chi connectivity index (χ0) is 11.7. The first-order chi connectivity index (χ1) is 7.58. The number of hydrogen-bond donors (Lipinski definition) is 0. The molecule has 0 radical (unpaired) electrons. The van der Waals surface area contributed by atoms with Crippen molar-refractivity contribution in [3.8, 4) is 0 Å². The monoisotopic (exact) mass is 236 g/mol. The van der Waals surface area contributed by atoms with E-state index >= 15 is 0 Å². The molecule has 2 fully saturated rings. The molecule has 10 heteroatoms. The van der Waals surface area contributed by atoms with Gasteiger partial charge in [-0.05, 0) is 0 Å². The highest BCUT2D eigenvalue weighted by molar-refractivity contribution is 4.94. The smallest absolute Gasteiger partial charge is 0.294 e. The van der Waals surface area contributed by atoms with Crippen molar-refractivity contribution in [3.63, 3.8) is 0 Å². The van der Waals surface area contributed by atoms with Crippen LogP contribution in [0.25, 0.3) is 0 Å². The SMILES string of the molecule is O=[N+]([O-])O[C@H]1CO[C@H]2[C@H]1OC[C@H]2O[N+](=O)[O-]. The molecule has 0 amide bonds. The lowest BCUT2D eigenvalue weighted by atomic mass is 10.1. The summed E-state index contributed by atoms with van der Waals surface area (Å²) in [5.74, 6) is 0. The molecule has 10 nitrogen and oxygen atoms in total. The van der Waals surface area contributed by atoms with Gasteiger partial charge in [-0.25, -0.2) is 0 Å². The van der Waals surface area contributed by atoms with E-state index in [1.165, 1.54) is 0 Å². The molecule has 0 spiro atoms. The average Bonchev–Trinajstić information content (AvgIpc) is 2.70. The van der Waals surface area contributed by atoms with E-state index in [2.05, 4.69) is 9.68 Å². The van der Waals surface area contributed by atoms with Crippen molar-refractivity contribution in [2.75, 3.05) is 13.2 Å². The summed E-state index contributed by atoms with van der Waals surface area (Å²) in [5.41, 5.74) is 0. The lowest BCUT2D eigenvalue weighted by Gasteiger charge is -2.13. The Labute approximate surface area is 88.2 Å². The maximum Gasteiger partial charge on any atom is 0.294 e. The van der Waals surface area contributed by atoms with Crippen molar-refractivity contribution in [2.24, 2.45) is 0 Å². The van der Waals surface area contributed by atoms with E-state index in [1.807, 2.05) is 0 Å². The number of ether oxygens (including phenoxy) is 2. The van der Waals surface area contributed by atoms with Gasteiger partial charge in [-0.3, -0.25) is 0 Å². The van der Waals surface area contributed by atoms with Gasteiger partial charge in [0.1, 0.15) is 12.2 Å². The molecule has 0 saturated carbocycles. The molecular weight excluding hydrogens is 228 g/mol. The van der Waals surface area contributed by atoms with Crippen molar-refractivity contribution in [2.45, 2.75) is 24.4 Å². The van der Waals surface area contributed by atoms with Crippen LogP contribution in [0.1, 0.15) is 0 Å². The van der Waals surface area contributed by atoms with Crippen LogP contribution in [0.3, 0.4) is 0 Å². The predicted octanol–water partition coefficient (Wildman–Crippen LogP) is -1.06. The molecule has 2 aliphatic heterocycles. The first-order valence-electron chi connectivity index (χ1n) is 4.43. The van der Waals surface area contributed by atoms with Gasteiger partial charge in [-0.2, -0.15) is 0 Å². The third-order valence-corrected chi connectivity index (χ3v) is 2.41. The highest BCUT2D eigenvalue weighted by Crippen LogP contribution is 2.30. The van der Waals surface area contributed by atoms with Crippen LogP contribution in [0.15, 0.2) is 0 Å². The fourth-order valence-electron chi connectivity index (χ4n) is 1.83. The molecule has 0 N–H and O–H groups in total. The Kier molecular flexibility index (Phi) is 2.75. The molecule has 2 aliphatic rings. The summed E-state index contributed by atoms with van der Waals surface area (Å²) in [6.07, 6.45) is -3.12. The van der Waals surface area contributed by atoms with Crippen LogP contribution in [-0.4, -0.2) is 47.8 Å². The van der Waals surface area contributed by atoms with Gasteiger partial charge in [-0.15, -0.1) is 20.2 Å². The van der Waals surface area contributed by atoms with E-state index in [9.17, 15) is 20.2 Å². The number of hydrogen-bond acceptors (Lipinski definition) is 8. The van der Waals surface area contributed by atoms with E-state index < -0.39 is 34.6 Å². The minimum Gasteiger partial charge on any atom is -0.371 e. The molecule has 90 valence electrons. The molecule has 0 unspecified atom stereocenters. The zero-order valence-corrected chi connectivity index (χ0v) is 7.88. The molecule has 0 aliphatic carbocycles. The second-order valence-electron chi connectivity index (χ2n) is 3.33. The molecule has 16 heavy (non-hydrogen) atoms. The number of nitrogens with zero attached hydrogens (tertiary/aromatic N) is 2. The second kappa shape index (κ2) is 4.06. The minimum absolute atomic E-state index is 0.0477. The highest BCUT2D eigenvalue weighted by Gasteiger charge is 2.51. The van der Waals surface area contributed by atoms with Crippen LogP contribution in [0.5, 0.6) is 0 Å². The van der Waals surface area contributed by atoms with E-state index in [0.29, 0.717) is 0 Å². The lowest BCUT2D eigenvalue weighted by molar-refractivity contribution is -0.769. The van der Waals surface area contributed by atoms with E-state index in [-0.39, 0.29) is 13.2 Å². The summed E-state index contributed by atoms with van der Waals surface area (Å²) in [4.78, 5) is 28.9. The Morgan fingerprint density at radius 3 is 1.62 bits per heavy atom. The molecule has 2 saturated heterocycles. The molecule has 0 aromatic carbocycles. The average molecular weight is 236 g/mol. The van der Waals surface area contributed by atoms with Crippen LogP contribution in [-0.2, 0) is 19.1 Å². The first-order valence-corrected chi connectivity index (χ1v) is 4.43. The number of rotatable bonds is 4. The summed E-state index contributed by atoms with van der Waals surface area (Å²) < 4.78 is 10.2.